The van der Waals surface area contributed by atoms with E-state index in [1.165, 1.54) is 16.8 Å². The molecule has 1 heterocycles. The molecule has 0 saturated heterocycles. The van der Waals surface area contributed by atoms with Crippen LogP contribution in [0.25, 0.3) is 11.3 Å². The van der Waals surface area contributed by atoms with Gasteiger partial charge in [0.25, 0.3) is 5.69 Å². The van der Waals surface area contributed by atoms with Crippen LogP contribution < -0.4 is 5.73 Å². The zero-order valence-electron chi connectivity index (χ0n) is 11.3. The molecular formula is C13H15FN4O2. The predicted octanol–water partition coefficient (Wildman–Crippen LogP) is 2.67. The molecule has 0 saturated carbocycles. The van der Waals surface area contributed by atoms with Gasteiger partial charge in [0.15, 0.2) is 0 Å². The van der Waals surface area contributed by atoms with Gasteiger partial charge in [-0.05, 0) is 12.5 Å². The summed E-state index contributed by atoms with van der Waals surface area (Å²) < 4.78 is 15.6. The van der Waals surface area contributed by atoms with E-state index < -0.39 is 10.7 Å². The highest BCUT2D eigenvalue weighted by atomic mass is 19.1. The summed E-state index contributed by atoms with van der Waals surface area (Å²) in [6, 6.07) is 3.53. The molecule has 0 atom stereocenters. The van der Waals surface area contributed by atoms with Gasteiger partial charge in [0.05, 0.1) is 11.0 Å². The number of nitrogen functional groups attached to an aromatic ring is 1. The molecule has 2 rings (SSSR count). The fraction of sp³-hybridized carbons (Fsp3) is 0.308. The minimum Gasteiger partial charge on any atom is -0.384 e. The van der Waals surface area contributed by atoms with Crippen LogP contribution in [0.2, 0.25) is 0 Å². The molecule has 0 fully saturated rings. The number of anilines is 1. The number of benzene rings is 1. The van der Waals surface area contributed by atoms with Crippen LogP contribution in [0.1, 0.15) is 18.9 Å². The number of rotatable bonds is 4. The minimum atomic E-state index is -0.672. The Balaban J connectivity index is 2.57. The summed E-state index contributed by atoms with van der Waals surface area (Å²) in [4.78, 5) is 10.00. The number of aryl methyl sites for hydroxylation is 1. The highest BCUT2D eigenvalue weighted by Crippen LogP contribution is 2.31. The van der Waals surface area contributed by atoms with Crippen molar-refractivity contribution in [2.24, 2.45) is 7.05 Å². The first kappa shape index (κ1) is 14.0. The van der Waals surface area contributed by atoms with E-state index in [4.69, 9.17) is 5.73 Å². The molecule has 0 unspecified atom stereocenters. The molecule has 0 spiro atoms. The topological polar surface area (TPSA) is 87.0 Å². The lowest BCUT2D eigenvalue weighted by atomic mass is 10.0. The van der Waals surface area contributed by atoms with Gasteiger partial charge in [-0.3, -0.25) is 14.8 Å². The Kier molecular flexibility index (Phi) is 3.69. The van der Waals surface area contributed by atoms with Crippen molar-refractivity contribution in [1.82, 2.24) is 9.78 Å². The van der Waals surface area contributed by atoms with Gasteiger partial charge in [-0.2, -0.15) is 5.10 Å². The normalized spacial score (nSPS) is 10.8. The van der Waals surface area contributed by atoms with Crippen molar-refractivity contribution < 1.29 is 9.31 Å². The lowest BCUT2D eigenvalue weighted by Gasteiger charge is -2.03. The second kappa shape index (κ2) is 5.28. The molecule has 0 aliphatic heterocycles. The van der Waals surface area contributed by atoms with Crippen molar-refractivity contribution in [3.05, 3.63) is 39.7 Å². The molecule has 106 valence electrons. The number of halogens is 1. The van der Waals surface area contributed by atoms with Gasteiger partial charge in [-0.15, -0.1) is 0 Å². The van der Waals surface area contributed by atoms with Gasteiger partial charge in [0, 0.05) is 24.2 Å². The second-order valence-corrected chi connectivity index (χ2v) is 4.51. The first-order valence-electron chi connectivity index (χ1n) is 6.21. The molecule has 0 aliphatic rings. The van der Waals surface area contributed by atoms with E-state index in [-0.39, 0.29) is 11.3 Å². The molecule has 6 nitrogen and oxygen atoms in total. The highest BCUT2D eigenvalue weighted by molar-refractivity contribution is 5.70. The smallest absolute Gasteiger partial charge is 0.272 e. The van der Waals surface area contributed by atoms with Gasteiger partial charge >= 0.3 is 0 Å². The summed E-state index contributed by atoms with van der Waals surface area (Å²) in [6.07, 6.45) is 1.52. The van der Waals surface area contributed by atoms with E-state index >= 15 is 0 Å². The van der Waals surface area contributed by atoms with Crippen LogP contribution in [0.3, 0.4) is 0 Å². The van der Waals surface area contributed by atoms with Crippen LogP contribution in [0.4, 0.5) is 15.9 Å². The van der Waals surface area contributed by atoms with Crippen molar-refractivity contribution in [3.63, 3.8) is 0 Å². The quantitative estimate of drug-likeness (QED) is 0.688. The first-order valence-corrected chi connectivity index (χ1v) is 6.21. The Morgan fingerprint density at radius 3 is 2.75 bits per heavy atom. The van der Waals surface area contributed by atoms with Gasteiger partial charge in [-0.1, -0.05) is 13.3 Å². The Hall–Kier alpha value is -2.44. The molecule has 0 amide bonds. The average molecular weight is 278 g/mol. The third-order valence-corrected chi connectivity index (χ3v) is 3.11. The molecule has 0 aliphatic carbocycles. The predicted molar refractivity (Wildman–Crippen MR) is 73.7 cm³/mol. The number of hydrogen-bond acceptors (Lipinski definition) is 4. The standard InChI is InChI=1S/C13H15FN4O2/c1-3-4-10-12(16-17(2)13(10)15)9-6-5-8(18(19)20)7-11(9)14/h5-7H,3-4,15H2,1-2H3. The Morgan fingerprint density at radius 1 is 1.50 bits per heavy atom. The van der Waals surface area contributed by atoms with Crippen molar-refractivity contribution in [2.45, 2.75) is 19.8 Å². The SMILES string of the molecule is CCCc1c(-c2ccc([N+](=O)[O-])cc2F)nn(C)c1N. The van der Waals surface area contributed by atoms with E-state index in [9.17, 15) is 14.5 Å². The maximum Gasteiger partial charge on any atom is 0.272 e. The summed E-state index contributed by atoms with van der Waals surface area (Å²) in [7, 11) is 1.68. The zero-order chi connectivity index (χ0) is 14.9. The molecule has 1 aromatic heterocycles. The number of nitrogens with zero attached hydrogens (tertiary/aromatic N) is 3. The zero-order valence-corrected chi connectivity index (χ0v) is 11.3. The molecule has 0 bridgehead atoms. The third-order valence-electron chi connectivity index (χ3n) is 3.11. The fourth-order valence-electron chi connectivity index (χ4n) is 2.10. The summed E-state index contributed by atoms with van der Waals surface area (Å²) in [5.74, 6) is -0.186. The number of non-ortho nitro benzene ring substituents is 1. The number of aromatic nitrogens is 2. The van der Waals surface area contributed by atoms with Crippen molar-refractivity contribution in [3.8, 4) is 11.3 Å². The van der Waals surface area contributed by atoms with Gasteiger partial charge in [0.1, 0.15) is 17.3 Å². The van der Waals surface area contributed by atoms with E-state index in [0.29, 0.717) is 17.9 Å². The largest absolute Gasteiger partial charge is 0.384 e. The first-order chi connectivity index (χ1) is 9.45. The number of nitro groups is 1. The van der Waals surface area contributed by atoms with Crippen LogP contribution >= 0.6 is 0 Å². The maximum atomic E-state index is 14.1. The molecule has 7 heteroatoms. The van der Waals surface area contributed by atoms with Crippen LogP contribution in [0.15, 0.2) is 18.2 Å². The number of nitrogens with two attached hydrogens (primary N) is 1. The lowest BCUT2D eigenvalue weighted by Crippen LogP contribution is -1.99. The minimum absolute atomic E-state index is 0.228. The van der Waals surface area contributed by atoms with Crippen LogP contribution in [-0.4, -0.2) is 14.7 Å². The number of nitro benzene ring substituents is 1. The van der Waals surface area contributed by atoms with Crippen LogP contribution in [0, 0.1) is 15.9 Å². The molecular weight excluding hydrogens is 263 g/mol. The number of hydrogen-bond donors (Lipinski definition) is 1. The van der Waals surface area contributed by atoms with Gasteiger partial charge in [0.2, 0.25) is 0 Å². The monoisotopic (exact) mass is 278 g/mol. The average Bonchev–Trinajstić information content (AvgIpc) is 2.67. The van der Waals surface area contributed by atoms with Crippen LogP contribution in [-0.2, 0) is 13.5 Å². The van der Waals surface area contributed by atoms with E-state index in [0.717, 1.165) is 18.1 Å². The molecule has 1 aromatic carbocycles. The second-order valence-electron chi connectivity index (χ2n) is 4.51. The Morgan fingerprint density at radius 2 is 2.20 bits per heavy atom. The summed E-state index contributed by atoms with van der Waals surface area (Å²) in [6.45, 7) is 1.99. The summed E-state index contributed by atoms with van der Waals surface area (Å²) >= 11 is 0. The molecule has 0 radical (unpaired) electrons. The molecule has 2 N–H and O–H groups in total. The van der Waals surface area contributed by atoms with Crippen molar-refractivity contribution >= 4 is 11.5 Å². The van der Waals surface area contributed by atoms with Gasteiger partial charge in [-0.25, -0.2) is 4.39 Å². The summed E-state index contributed by atoms with van der Waals surface area (Å²) in [5, 5.41) is 14.8. The highest BCUT2D eigenvalue weighted by Gasteiger charge is 2.19. The van der Waals surface area contributed by atoms with Crippen LogP contribution in [0.5, 0.6) is 0 Å². The molecule has 2 aromatic rings. The third kappa shape index (κ3) is 2.34. The van der Waals surface area contributed by atoms with E-state index in [2.05, 4.69) is 5.10 Å². The van der Waals surface area contributed by atoms with E-state index in [1.807, 2.05) is 6.92 Å². The fourth-order valence-corrected chi connectivity index (χ4v) is 2.10. The maximum absolute atomic E-state index is 14.1. The lowest BCUT2D eigenvalue weighted by molar-refractivity contribution is -0.385. The molecule has 20 heavy (non-hydrogen) atoms. The Bertz CT molecular complexity index is 667. The van der Waals surface area contributed by atoms with Crippen molar-refractivity contribution in [2.75, 3.05) is 5.73 Å². The van der Waals surface area contributed by atoms with Crippen molar-refractivity contribution in [1.29, 1.82) is 0 Å². The van der Waals surface area contributed by atoms with E-state index in [1.54, 1.807) is 7.05 Å². The summed E-state index contributed by atoms with van der Waals surface area (Å²) in [5.41, 5.74) is 7.08. The van der Waals surface area contributed by atoms with Gasteiger partial charge < -0.3 is 5.73 Å². The Labute approximate surface area is 115 Å².